The molecule has 2 aromatic carbocycles. The third-order valence-corrected chi connectivity index (χ3v) is 11.1. The second-order valence-electron chi connectivity index (χ2n) is 15.1. The van der Waals surface area contributed by atoms with Crippen LogP contribution in [0.3, 0.4) is 0 Å². The minimum absolute atomic E-state index is 0.109. The van der Waals surface area contributed by atoms with Gasteiger partial charge in [0.1, 0.15) is 40.9 Å². The zero-order valence-electron chi connectivity index (χ0n) is 31.6. The van der Waals surface area contributed by atoms with Crippen LogP contribution in [-0.4, -0.2) is 55.7 Å². The van der Waals surface area contributed by atoms with Crippen LogP contribution in [0.25, 0.3) is 22.0 Å². The maximum atomic E-state index is 15.6. The smallest absolute Gasteiger partial charge is 0.292 e. The fourth-order valence-electron chi connectivity index (χ4n) is 7.46. The van der Waals surface area contributed by atoms with Crippen LogP contribution >= 0.6 is 11.6 Å². The quantitative estimate of drug-likeness (QED) is 0.105. The molecule has 0 fully saturated rings. The van der Waals surface area contributed by atoms with Gasteiger partial charge < -0.3 is 5.11 Å². The fourth-order valence-corrected chi connectivity index (χ4v) is 8.42. The number of Topliss-reactive ketones (excluding diaryl/α,β-unsaturated/α-hetero) is 1. The number of carbonyl (C=O) groups is 1. The van der Waals surface area contributed by atoms with Gasteiger partial charge in [-0.1, -0.05) is 37.4 Å². The molecule has 0 spiro atoms. The third-order valence-electron chi connectivity index (χ3n) is 10.0. The lowest BCUT2D eigenvalue weighted by molar-refractivity contribution is -0.120. The number of aryl methyl sites for hydroxylation is 1. The van der Waals surface area contributed by atoms with Crippen molar-refractivity contribution in [3.05, 3.63) is 98.7 Å². The van der Waals surface area contributed by atoms with Gasteiger partial charge in [0.05, 0.1) is 27.7 Å². The highest BCUT2D eigenvalue weighted by Gasteiger charge is 2.55. The zero-order chi connectivity index (χ0) is 41.9. The van der Waals surface area contributed by atoms with Crippen molar-refractivity contribution in [2.45, 2.75) is 82.6 Å². The minimum atomic E-state index is -3.57. The molecule has 302 valence electrons. The largest absolute Gasteiger partial charge is 0.378 e. The molecule has 1 aliphatic carbocycles. The summed E-state index contributed by atoms with van der Waals surface area (Å²) in [6.07, 6.45) is -2.87. The van der Waals surface area contributed by atoms with Gasteiger partial charge in [0.25, 0.3) is 12.3 Å². The second kappa shape index (κ2) is 15.2. The van der Waals surface area contributed by atoms with Crippen molar-refractivity contribution >= 4 is 38.1 Å². The summed E-state index contributed by atoms with van der Waals surface area (Å²) in [5, 5.41) is 19.1. The van der Waals surface area contributed by atoms with E-state index in [-0.39, 0.29) is 39.7 Å². The summed E-state index contributed by atoms with van der Waals surface area (Å²) in [6.45, 7) is 4.72. The van der Waals surface area contributed by atoms with Crippen LogP contribution in [0.1, 0.15) is 92.0 Å². The Kier molecular flexibility index (Phi) is 11.2. The lowest BCUT2D eigenvalue weighted by atomic mass is 9.86. The first-order valence-corrected chi connectivity index (χ1v) is 20.2. The van der Waals surface area contributed by atoms with Crippen LogP contribution in [-0.2, 0) is 46.3 Å². The van der Waals surface area contributed by atoms with Gasteiger partial charge in [-0.3, -0.25) is 14.2 Å². The van der Waals surface area contributed by atoms with Gasteiger partial charge in [-0.05, 0) is 68.0 Å². The number of benzene rings is 2. The lowest BCUT2D eigenvalue weighted by Gasteiger charge is -2.22. The molecule has 0 saturated carbocycles. The lowest BCUT2D eigenvalue weighted by Crippen LogP contribution is -2.26. The normalized spacial score (nSPS) is 17.2. The van der Waals surface area contributed by atoms with E-state index in [2.05, 4.69) is 22.0 Å². The summed E-state index contributed by atoms with van der Waals surface area (Å²) in [5.41, 5.74) is -1.63. The molecule has 0 radical (unpaired) electrons. The highest BCUT2D eigenvalue weighted by Crippen LogP contribution is 2.54. The van der Waals surface area contributed by atoms with E-state index < -0.39 is 93.1 Å². The van der Waals surface area contributed by atoms with Crippen molar-refractivity contribution in [1.29, 1.82) is 0 Å². The molecule has 3 heterocycles. The number of hydrogen-bond donors (Lipinski definition) is 1. The van der Waals surface area contributed by atoms with Crippen LogP contribution < -0.4 is 0 Å². The zero-order valence-corrected chi connectivity index (χ0v) is 33.2. The third kappa shape index (κ3) is 8.61. The summed E-state index contributed by atoms with van der Waals surface area (Å²) in [7, 11) is -2.00. The predicted molar refractivity (Wildman–Crippen MR) is 202 cm³/mol. The van der Waals surface area contributed by atoms with Gasteiger partial charge >= 0.3 is 0 Å². The first kappa shape index (κ1) is 41.9. The van der Waals surface area contributed by atoms with Crippen molar-refractivity contribution in [3.63, 3.8) is 0 Å². The maximum absolute atomic E-state index is 15.6. The summed E-state index contributed by atoms with van der Waals surface area (Å²) < 4.78 is 115. The number of alkyl halides is 4. The highest BCUT2D eigenvalue weighted by atomic mass is 35.5. The summed E-state index contributed by atoms with van der Waals surface area (Å²) >= 11 is 6.63. The highest BCUT2D eigenvalue weighted by molar-refractivity contribution is 7.89. The average molecular weight is 834 g/mol. The number of aromatic nitrogens is 5. The van der Waals surface area contributed by atoms with Gasteiger partial charge in [-0.2, -0.15) is 19.0 Å². The van der Waals surface area contributed by atoms with E-state index in [1.165, 1.54) is 44.5 Å². The van der Waals surface area contributed by atoms with Gasteiger partial charge in [-0.25, -0.2) is 31.0 Å². The van der Waals surface area contributed by atoms with E-state index in [9.17, 15) is 35.9 Å². The molecular weight excluding hydrogens is 796 g/mol. The predicted octanol–water partition coefficient (Wildman–Crippen LogP) is 8.20. The van der Waals surface area contributed by atoms with Crippen molar-refractivity contribution in [1.82, 2.24) is 24.5 Å². The first-order chi connectivity index (χ1) is 26.4. The van der Waals surface area contributed by atoms with E-state index in [1.54, 1.807) is 19.2 Å². The van der Waals surface area contributed by atoms with Crippen LogP contribution in [0.4, 0.5) is 26.3 Å². The Morgan fingerprint density at radius 3 is 2.30 bits per heavy atom. The number of nitrogens with zero attached hydrogens (tertiary/aromatic N) is 5. The summed E-state index contributed by atoms with van der Waals surface area (Å²) in [5.74, 6) is -4.48. The van der Waals surface area contributed by atoms with Gasteiger partial charge in [0.15, 0.2) is 15.6 Å². The molecule has 9 nitrogen and oxygen atoms in total. The number of ketones is 1. The van der Waals surface area contributed by atoms with Crippen molar-refractivity contribution in [2.24, 2.45) is 13.0 Å². The molecule has 57 heavy (non-hydrogen) atoms. The number of carbonyl (C=O) groups excluding carboxylic acids is 1. The summed E-state index contributed by atoms with van der Waals surface area (Å²) in [4.78, 5) is 18.9. The number of hydrogen-bond acceptors (Lipinski definition) is 7. The number of rotatable bonds is 11. The second-order valence-corrected chi connectivity index (χ2v) is 17.7. The number of halogens is 7. The maximum Gasteiger partial charge on any atom is 0.292 e. The molecule has 0 saturated heterocycles. The standard InChI is InChI=1S/C40H38ClF6N5O4S/c1-20-21(2)40(46,47)37-32(20)35(38(44)45)50-52(37)18-27(53)16-23(13-22-14-24(42)17-25(43)15-22)34-28(8-7-26(48-34)11-12-39(3,4)54)29-9-10-30(41)33-31(19-57(6,55)56)49-51(5)36(29)33/h7-10,14-15,17,20-21,23,38,54H,13,16,18-19H2,1-6H3/t20-,21+,23+/m0/s1. The van der Waals surface area contributed by atoms with Gasteiger partial charge in [0, 0.05) is 59.7 Å². The van der Waals surface area contributed by atoms with E-state index in [1.807, 2.05) is 0 Å². The molecule has 0 bridgehead atoms. The van der Waals surface area contributed by atoms with E-state index in [4.69, 9.17) is 16.6 Å². The molecule has 0 aliphatic heterocycles. The SMILES string of the molecule is C[C@@H]1c2c(C(F)F)nn(CC(=O)C[C@@H](Cc3cc(F)cc(F)c3)c3nc(C#CC(C)(C)O)ccc3-c3ccc(Cl)c4c(CS(C)(=O)=O)nn(C)c34)c2C(F)(F)[C@@H]1C. The van der Waals surface area contributed by atoms with Crippen LogP contribution in [0.2, 0.25) is 5.02 Å². The topological polar surface area (TPSA) is 120 Å². The Morgan fingerprint density at radius 1 is 1.04 bits per heavy atom. The number of pyridine rings is 1. The Hall–Kier alpha value is -4.72. The Morgan fingerprint density at radius 2 is 1.68 bits per heavy atom. The molecule has 1 N–H and O–H groups in total. The monoisotopic (exact) mass is 833 g/mol. The molecule has 5 aromatic rings. The number of sulfone groups is 1. The molecule has 1 aliphatic rings. The molecule has 6 rings (SSSR count). The number of fused-ring (bicyclic) bond motifs is 2. The first-order valence-electron chi connectivity index (χ1n) is 17.8. The number of aliphatic hydroxyl groups is 1. The van der Waals surface area contributed by atoms with Crippen LogP contribution in [0.5, 0.6) is 0 Å². The van der Waals surface area contributed by atoms with Crippen molar-refractivity contribution in [2.75, 3.05) is 6.26 Å². The summed E-state index contributed by atoms with van der Waals surface area (Å²) in [6, 6.07) is 9.11. The molecule has 3 atom stereocenters. The Labute approximate surface area is 330 Å². The van der Waals surface area contributed by atoms with E-state index >= 15 is 8.78 Å². The molecule has 0 amide bonds. The van der Waals surface area contributed by atoms with Gasteiger partial charge in [-0.15, -0.1) is 0 Å². The molecule has 0 unspecified atom stereocenters. The van der Waals surface area contributed by atoms with E-state index in [0.29, 0.717) is 32.8 Å². The van der Waals surface area contributed by atoms with Gasteiger partial charge in [0.2, 0.25) is 0 Å². The van der Waals surface area contributed by atoms with Crippen molar-refractivity contribution in [3.8, 4) is 23.0 Å². The molecule has 3 aromatic heterocycles. The Bertz CT molecular complexity index is 2570. The molecule has 17 heteroatoms. The minimum Gasteiger partial charge on any atom is -0.378 e. The molecular formula is C40H38ClF6N5O4S. The van der Waals surface area contributed by atoms with Crippen LogP contribution in [0.15, 0.2) is 42.5 Å². The van der Waals surface area contributed by atoms with Crippen LogP contribution in [0, 0.1) is 29.4 Å². The Balaban J connectivity index is 1.54. The van der Waals surface area contributed by atoms with E-state index in [0.717, 1.165) is 18.4 Å². The average Bonchev–Trinajstić information content (AvgIpc) is 3.68. The van der Waals surface area contributed by atoms with Crippen molar-refractivity contribution < 1.29 is 44.7 Å². The fraction of sp³-hybridized carbons (Fsp3) is 0.400.